The van der Waals surface area contributed by atoms with Crippen molar-refractivity contribution in [2.75, 3.05) is 20.3 Å². The first kappa shape index (κ1) is 14.2. The third kappa shape index (κ3) is 5.85. The van der Waals surface area contributed by atoms with E-state index >= 15 is 0 Å². The summed E-state index contributed by atoms with van der Waals surface area (Å²) in [7, 11) is 1.77. The van der Waals surface area contributed by atoms with Gasteiger partial charge in [0.2, 0.25) is 0 Å². The summed E-state index contributed by atoms with van der Waals surface area (Å²) in [4.78, 5) is 0. The third-order valence-corrected chi connectivity index (χ3v) is 2.96. The largest absolute Gasteiger partial charge is 0.385 e. The number of nitrogens with one attached hydrogen (secondary N) is 1. The van der Waals surface area contributed by atoms with E-state index in [1.165, 1.54) is 17.5 Å². The zero-order chi connectivity index (χ0) is 12.5. The van der Waals surface area contributed by atoms with Crippen LogP contribution in [0.15, 0.2) is 24.3 Å². The molecule has 0 spiro atoms. The number of methoxy groups -OCH3 is 1. The van der Waals surface area contributed by atoms with Crippen LogP contribution < -0.4 is 5.32 Å². The molecule has 0 amide bonds. The molecule has 0 aliphatic rings. The predicted molar refractivity (Wildman–Crippen MR) is 73.5 cm³/mol. The maximum absolute atomic E-state index is 5.17. The van der Waals surface area contributed by atoms with E-state index in [0.717, 1.165) is 26.0 Å². The van der Waals surface area contributed by atoms with Crippen LogP contribution >= 0.6 is 0 Å². The van der Waals surface area contributed by atoms with Gasteiger partial charge in [0.05, 0.1) is 0 Å². The second kappa shape index (κ2) is 8.26. The Morgan fingerprint density at radius 2 is 1.94 bits per heavy atom. The minimum Gasteiger partial charge on any atom is -0.385 e. The predicted octanol–water partition coefficient (Wildman–Crippen LogP) is 2.94. The van der Waals surface area contributed by atoms with Gasteiger partial charge in [-0.1, -0.05) is 36.8 Å². The molecule has 1 rings (SSSR count). The first-order valence-corrected chi connectivity index (χ1v) is 6.54. The fourth-order valence-corrected chi connectivity index (χ4v) is 1.89. The van der Waals surface area contributed by atoms with Gasteiger partial charge >= 0.3 is 0 Å². The van der Waals surface area contributed by atoms with Crippen LogP contribution in [-0.2, 0) is 11.2 Å². The molecule has 1 aromatic rings. The van der Waals surface area contributed by atoms with E-state index in [-0.39, 0.29) is 0 Å². The molecule has 2 nitrogen and oxygen atoms in total. The lowest BCUT2D eigenvalue weighted by molar-refractivity contribution is 0.182. The zero-order valence-electron chi connectivity index (χ0n) is 11.3. The summed E-state index contributed by atoms with van der Waals surface area (Å²) in [5, 5.41) is 3.59. The molecule has 1 atom stereocenters. The van der Waals surface area contributed by atoms with E-state index in [1.807, 2.05) is 0 Å². The molecule has 17 heavy (non-hydrogen) atoms. The van der Waals surface area contributed by atoms with E-state index in [9.17, 15) is 0 Å². The number of aryl methyl sites for hydroxylation is 1. The third-order valence-electron chi connectivity index (χ3n) is 2.96. The van der Waals surface area contributed by atoms with Crippen LogP contribution in [-0.4, -0.2) is 26.3 Å². The standard InChI is InChI=1S/C15H25NO/c1-4-10-16-15(9-11-17-3)12-14-7-5-13(2)6-8-14/h5-8,15-16H,4,9-12H2,1-3H3. The van der Waals surface area contributed by atoms with Crippen LogP contribution in [0.4, 0.5) is 0 Å². The first-order chi connectivity index (χ1) is 8.26. The van der Waals surface area contributed by atoms with Gasteiger partial charge in [-0.05, 0) is 38.3 Å². The highest BCUT2D eigenvalue weighted by Gasteiger charge is 2.08. The van der Waals surface area contributed by atoms with E-state index in [4.69, 9.17) is 4.74 Å². The van der Waals surface area contributed by atoms with Gasteiger partial charge in [0.15, 0.2) is 0 Å². The van der Waals surface area contributed by atoms with E-state index in [1.54, 1.807) is 7.11 Å². The quantitative estimate of drug-likeness (QED) is 0.748. The normalized spacial score (nSPS) is 12.6. The summed E-state index contributed by atoms with van der Waals surface area (Å²) in [5.74, 6) is 0. The van der Waals surface area contributed by atoms with Crippen molar-refractivity contribution in [1.29, 1.82) is 0 Å². The lowest BCUT2D eigenvalue weighted by Crippen LogP contribution is -2.32. The van der Waals surface area contributed by atoms with Gasteiger partial charge in [0.1, 0.15) is 0 Å². The average Bonchev–Trinajstić information content (AvgIpc) is 2.35. The number of hydrogen-bond donors (Lipinski definition) is 1. The molecule has 1 N–H and O–H groups in total. The molecular formula is C15H25NO. The second-order valence-electron chi connectivity index (χ2n) is 4.62. The highest BCUT2D eigenvalue weighted by molar-refractivity contribution is 5.22. The summed E-state index contributed by atoms with van der Waals surface area (Å²) >= 11 is 0. The van der Waals surface area contributed by atoms with E-state index in [0.29, 0.717) is 6.04 Å². The average molecular weight is 235 g/mol. The van der Waals surface area contributed by atoms with Gasteiger partial charge < -0.3 is 10.1 Å². The van der Waals surface area contributed by atoms with Crippen molar-refractivity contribution in [3.63, 3.8) is 0 Å². The minimum absolute atomic E-state index is 0.526. The minimum atomic E-state index is 0.526. The molecule has 0 bridgehead atoms. The Morgan fingerprint density at radius 3 is 2.53 bits per heavy atom. The van der Waals surface area contributed by atoms with Crippen molar-refractivity contribution >= 4 is 0 Å². The Hall–Kier alpha value is -0.860. The maximum atomic E-state index is 5.17. The number of benzene rings is 1. The first-order valence-electron chi connectivity index (χ1n) is 6.54. The molecule has 0 heterocycles. The molecule has 96 valence electrons. The van der Waals surface area contributed by atoms with Crippen molar-refractivity contribution in [2.45, 2.75) is 39.2 Å². The number of ether oxygens (including phenoxy) is 1. The fraction of sp³-hybridized carbons (Fsp3) is 0.600. The molecular weight excluding hydrogens is 210 g/mol. The second-order valence-corrected chi connectivity index (χ2v) is 4.62. The van der Waals surface area contributed by atoms with Crippen LogP contribution in [0.1, 0.15) is 30.9 Å². The van der Waals surface area contributed by atoms with Gasteiger partial charge in [-0.15, -0.1) is 0 Å². The zero-order valence-corrected chi connectivity index (χ0v) is 11.3. The Balaban J connectivity index is 2.48. The lowest BCUT2D eigenvalue weighted by atomic mass is 10.0. The van der Waals surface area contributed by atoms with Crippen molar-refractivity contribution < 1.29 is 4.74 Å². The highest BCUT2D eigenvalue weighted by atomic mass is 16.5. The van der Waals surface area contributed by atoms with Crippen molar-refractivity contribution in [2.24, 2.45) is 0 Å². The lowest BCUT2D eigenvalue weighted by Gasteiger charge is -2.18. The Kier molecular flexibility index (Phi) is 6.90. The van der Waals surface area contributed by atoms with Gasteiger partial charge in [-0.2, -0.15) is 0 Å². The highest BCUT2D eigenvalue weighted by Crippen LogP contribution is 2.08. The summed E-state index contributed by atoms with van der Waals surface area (Å²) in [6.07, 6.45) is 3.34. The Bertz CT molecular complexity index is 286. The Morgan fingerprint density at radius 1 is 1.24 bits per heavy atom. The van der Waals surface area contributed by atoms with Crippen LogP contribution in [0.25, 0.3) is 0 Å². The topological polar surface area (TPSA) is 21.3 Å². The summed E-state index contributed by atoms with van der Waals surface area (Å²) in [6.45, 7) is 6.24. The molecule has 0 saturated carbocycles. The van der Waals surface area contributed by atoms with Gasteiger partial charge in [-0.3, -0.25) is 0 Å². The molecule has 1 aromatic carbocycles. The van der Waals surface area contributed by atoms with Gasteiger partial charge in [0.25, 0.3) is 0 Å². The summed E-state index contributed by atoms with van der Waals surface area (Å²) in [5.41, 5.74) is 2.73. The monoisotopic (exact) mass is 235 g/mol. The Labute approximate surface area is 105 Å². The molecule has 1 unspecified atom stereocenters. The van der Waals surface area contributed by atoms with Crippen LogP contribution in [0.2, 0.25) is 0 Å². The smallest absolute Gasteiger partial charge is 0.0477 e. The SMILES string of the molecule is CCCNC(CCOC)Cc1ccc(C)cc1. The molecule has 0 radical (unpaired) electrons. The molecule has 0 saturated heterocycles. The molecule has 0 fully saturated rings. The molecule has 0 aliphatic carbocycles. The van der Waals surface area contributed by atoms with Crippen LogP contribution in [0.5, 0.6) is 0 Å². The van der Waals surface area contributed by atoms with Crippen molar-refractivity contribution in [1.82, 2.24) is 5.32 Å². The van der Waals surface area contributed by atoms with Gasteiger partial charge in [-0.25, -0.2) is 0 Å². The van der Waals surface area contributed by atoms with E-state index in [2.05, 4.69) is 43.4 Å². The number of hydrogen-bond acceptors (Lipinski definition) is 2. The fourth-order valence-electron chi connectivity index (χ4n) is 1.89. The van der Waals surface area contributed by atoms with Crippen LogP contribution in [0.3, 0.4) is 0 Å². The van der Waals surface area contributed by atoms with Crippen LogP contribution in [0, 0.1) is 6.92 Å². The summed E-state index contributed by atoms with van der Waals surface area (Å²) in [6, 6.07) is 9.34. The van der Waals surface area contributed by atoms with Crippen molar-refractivity contribution in [3.05, 3.63) is 35.4 Å². The number of rotatable bonds is 8. The van der Waals surface area contributed by atoms with E-state index < -0.39 is 0 Å². The van der Waals surface area contributed by atoms with Crippen molar-refractivity contribution in [3.8, 4) is 0 Å². The molecule has 0 aliphatic heterocycles. The molecule has 2 heteroatoms. The summed E-state index contributed by atoms with van der Waals surface area (Å²) < 4.78 is 5.17. The maximum Gasteiger partial charge on any atom is 0.0477 e. The molecule has 0 aromatic heterocycles. The van der Waals surface area contributed by atoms with Gasteiger partial charge in [0, 0.05) is 19.8 Å².